The predicted octanol–water partition coefficient (Wildman–Crippen LogP) is 3.41. The van der Waals surface area contributed by atoms with Crippen molar-refractivity contribution in [2.24, 2.45) is 0 Å². The lowest BCUT2D eigenvalue weighted by molar-refractivity contribution is -0.383. The zero-order valence-corrected chi connectivity index (χ0v) is 17.5. The van der Waals surface area contributed by atoms with Gasteiger partial charge in [-0.1, -0.05) is 24.3 Å². The summed E-state index contributed by atoms with van der Waals surface area (Å²) in [7, 11) is 0. The third-order valence-electron chi connectivity index (χ3n) is 5.31. The third kappa shape index (κ3) is 5.07. The van der Waals surface area contributed by atoms with Crippen LogP contribution in [-0.2, 0) is 17.8 Å². The van der Waals surface area contributed by atoms with Crippen LogP contribution in [0.5, 0.6) is 0 Å². The van der Waals surface area contributed by atoms with E-state index >= 15 is 0 Å². The van der Waals surface area contributed by atoms with Gasteiger partial charge in [0.25, 0.3) is 5.69 Å². The molecule has 1 aliphatic rings. The molecule has 9 nitrogen and oxygen atoms in total. The Labute approximate surface area is 180 Å². The molecule has 1 saturated heterocycles. The van der Waals surface area contributed by atoms with Gasteiger partial charge in [0.05, 0.1) is 23.7 Å². The minimum Gasteiger partial charge on any atom is -0.380 e. The second-order valence-electron chi connectivity index (χ2n) is 7.45. The van der Waals surface area contributed by atoms with Crippen molar-refractivity contribution in [3.05, 3.63) is 64.0 Å². The minimum absolute atomic E-state index is 0.0136. The van der Waals surface area contributed by atoms with E-state index in [9.17, 15) is 10.1 Å². The largest absolute Gasteiger partial charge is 0.380 e. The van der Waals surface area contributed by atoms with Crippen molar-refractivity contribution >= 4 is 28.1 Å². The molecule has 1 aromatic heterocycles. The standard InChI is InChI=1S/C22H26N6O3/c1-2-23-20-12-19-18(11-21(20)28(29)30)22(26-15-25-19)24-13-16-3-5-17(6-4-16)14-27-7-9-31-10-8-27/h3-6,11-12,15,23H,2,7-10,13-14H2,1H3,(H,24,25,26). The Balaban J connectivity index is 1.48. The molecule has 0 spiro atoms. The monoisotopic (exact) mass is 422 g/mol. The van der Waals surface area contributed by atoms with Gasteiger partial charge in [-0.2, -0.15) is 0 Å². The zero-order chi connectivity index (χ0) is 21.6. The number of morpholine rings is 1. The summed E-state index contributed by atoms with van der Waals surface area (Å²) in [6.07, 6.45) is 1.47. The fourth-order valence-electron chi connectivity index (χ4n) is 3.68. The van der Waals surface area contributed by atoms with Gasteiger partial charge in [0, 0.05) is 44.2 Å². The van der Waals surface area contributed by atoms with Crippen LogP contribution in [0.15, 0.2) is 42.7 Å². The summed E-state index contributed by atoms with van der Waals surface area (Å²) in [5, 5.41) is 18.5. The average molecular weight is 422 g/mol. The Morgan fingerprint density at radius 3 is 2.55 bits per heavy atom. The molecule has 3 aromatic rings. The second-order valence-corrected chi connectivity index (χ2v) is 7.45. The van der Waals surface area contributed by atoms with Gasteiger partial charge >= 0.3 is 0 Å². The number of fused-ring (bicyclic) bond motifs is 1. The molecule has 0 aliphatic carbocycles. The van der Waals surface area contributed by atoms with Crippen molar-refractivity contribution < 1.29 is 9.66 Å². The summed E-state index contributed by atoms with van der Waals surface area (Å²) in [5.74, 6) is 0.577. The molecule has 1 aliphatic heterocycles. The predicted molar refractivity (Wildman–Crippen MR) is 120 cm³/mol. The van der Waals surface area contributed by atoms with Crippen LogP contribution in [0.3, 0.4) is 0 Å². The van der Waals surface area contributed by atoms with Crippen LogP contribution >= 0.6 is 0 Å². The van der Waals surface area contributed by atoms with E-state index in [1.165, 1.54) is 18.0 Å². The molecule has 4 rings (SSSR count). The SMILES string of the molecule is CCNc1cc2ncnc(NCc3ccc(CN4CCOCC4)cc3)c2cc1[N+](=O)[O-]. The van der Waals surface area contributed by atoms with Gasteiger partial charge in [-0.25, -0.2) is 9.97 Å². The topological polar surface area (TPSA) is 105 Å². The van der Waals surface area contributed by atoms with E-state index in [1.54, 1.807) is 6.07 Å². The van der Waals surface area contributed by atoms with E-state index in [0.717, 1.165) is 38.4 Å². The lowest BCUT2D eigenvalue weighted by atomic mass is 10.1. The van der Waals surface area contributed by atoms with E-state index in [0.29, 0.717) is 35.5 Å². The van der Waals surface area contributed by atoms with Crippen LogP contribution in [-0.4, -0.2) is 52.6 Å². The van der Waals surface area contributed by atoms with E-state index in [1.807, 2.05) is 6.92 Å². The number of benzene rings is 2. The number of nitrogens with one attached hydrogen (secondary N) is 2. The number of nitro groups is 1. The van der Waals surface area contributed by atoms with Gasteiger partial charge < -0.3 is 15.4 Å². The minimum atomic E-state index is -0.387. The lowest BCUT2D eigenvalue weighted by Crippen LogP contribution is -2.35. The van der Waals surface area contributed by atoms with Crippen molar-refractivity contribution in [2.75, 3.05) is 43.5 Å². The van der Waals surface area contributed by atoms with E-state index < -0.39 is 0 Å². The summed E-state index contributed by atoms with van der Waals surface area (Å²) in [6, 6.07) is 11.7. The van der Waals surface area contributed by atoms with E-state index in [2.05, 4.69) is 49.8 Å². The molecule has 0 amide bonds. The van der Waals surface area contributed by atoms with Crippen LogP contribution in [0.1, 0.15) is 18.1 Å². The summed E-state index contributed by atoms with van der Waals surface area (Å²) in [4.78, 5) is 22.1. The van der Waals surface area contributed by atoms with E-state index in [-0.39, 0.29) is 10.6 Å². The first-order chi connectivity index (χ1) is 15.1. The second kappa shape index (κ2) is 9.67. The molecule has 0 radical (unpaired) electrons. The van der Waals surface area contributed by atoms with E-state index in [4.69, 9.17) is 4.74 Å². The smallest absolute Gasteiger partial charge is 0.293 e. The molecule has 31 heavy (non-hydrogen) atoms. The van der Waals surface area contributed by atoms with Crippen molar-refractivity contribution in [1.82, 2.24) is 14.9 Å². The van der Waals surface area contributed by atoms with Crippen LogP contribution in [0, 0.1) is 10.1 Å². The number of hydrogen-bond donors (Lipinski definition) is 2. The van der Waals surface area contributed by atoms with Crippen LogP contribution in [0.2, 0.25) is 0 Å². The Kier molecular flexibility index (Phi) is 6.54. The first-order valence-electron chi connectivity index (χ1n) is 10.4. The molecule has 1 fully saturated rings. The number of nitro benzene ring substituents is 1. The number of nitrogens with zero attached hydrogens (tertiary/aromatic N) is 4. The Morgan fingerprint density at radius 1 is 1.10 bits per heavy atom. The highest BCUT2D eigenvalue weighted by atomic mass is 16.6. The normalized spacial score (nSPS) is 14.5. The summed E-state index contributed by atoms with van der Waals surface area (Å²) in [5.41, 5.74) is 3.50. The molecule has 162 valence electrons. The Morgan fingerprint density at radius 2 is 1.84 bits per heavy atom. The van der Waals surface area contributed by atoms with Crippen molar-refractivity contribution in [3.8, 4) is 0 Å². The number of ether oxygens (including phenoxy) is 1. The maximum atomic E-state index is 11.5. The van der Waals surface area contributed by atoms with Gasteiger partial charge in [-0.05, 0) is 24.1 Å². The summed E-state index contributed by atoms with van der Waals surface area (Å²) < 4.78 is 5.40. The number of hydrogen-bond acceptors (Lipinski definition) is 8. The maximum Gasteiger partial charge on any atom is 0.293 e. The van der Waals surface area contributed by atoms with Gasteiger partial charge in [0.2, 0.25) is 0 Å². The van der Waals surface area contributed by atoms with Gasteiger partial charge in [0.1, 0.15) is 17.8 Å². The molecular weight excluding hydrogens is 396 g/mol. The van der Waals surface area contributed by atoms with Crippen molar-refractivity contribution in [2.45, 2.75) is 20.0 Å². The number of anilines is 2. The molecule has 9 heteroatoms. The Hall–Kier alpha value is -3.30. The fourth-order valence-corrected chi connectivity index (χ4v) is 3.68. The third-order valence-corrected chi connectivity index (χ3v) is 5.31. The zero-order valence-electron chi connectivity index (χ0n) is 17.5. The molecule has 0 atom stereocenters. The lowest BCUT2D eigenvalue weighted by Gasteiger charge is -2.26. The maximum absolute atomic E-state index is 11.5. The molecule has 0 bridgehead atoms. The van der Waals surface area contributed by atoms with Gasteiger partial charge in [-0.15, -0.1) is 0 Å². The van der Waals surface area contributed by atoms with Crippen LogP contribution in [0.25, 0.3) is 10.9 Å². The van der Waals surface area contributed by atoms with Crippen LogP contribution in [0.4, 0.5) is 17.2 Å². The summed E-state index contributed by atoms with van der Waals surface area (Å²) >= 11 is 0. The molecule has 2 N–H and O–H groups in total. The molecule has 2 heterocycles. The number of aromatic nitrogens is 2. The fraction of sp³-hybridized carbons (Fsp3) is 0.364. The first-order valence-corrected chi connectivity index (χ1v) is 10.4. The Bertz CT molecular complexity index is 1050. The van der Waals surface area contributed by atoms with Gasteiger partial charge in [0.15, 0.2) is 0 Å². The highest BCUT2D eigenvalue weighted by molar-refractivity contribution is 5.94. The van der Waals surface area contributed by atoms with Crippen molar-refractivity contribution in [3.63, 3.8) is 0 Å². The van der Waals surface area contributed by atoms with Crippen LogP contribution < -0.4 is 10.6 Å². The molecular formula is C22H26N6O3. The summed E-state index contributed by atoms with van der Waals surface area (Å²) in [6.45, 7) is 7.48. The molecule has 0 saturated carbocycles. The van der Waals surface area contributed by atoms with Crippen molar-refractivity contribution in [1.29, 1.82) is 0 Å². The highest BCUT2D eigenvalue weighted by Gasteiger charge is 2.17. The highest BCUT2D eigenvalue weighted by Crippen LogP contribution is 2.32. The average Bonchev–Trinajstić information content (AvgIpc) is 2.79. The number of rotatable bonds is 8. The first kappa shape index (κ1) is 21.0. The quantitative estimate of drug-likeness (QED) is 0.420. The molecule has 0 unspecified atom stereocenters. The van der Waals surface area contributed by atoms with Gasteiger partial charge in [-0.3, -0.25) is 15.0 Å². The molecule has 2 aromatic carbocycles.